The Morgan fingerprint density at radius 3 is 2.82 bits per heavy atom. The third-order valence-electron chi connectivity index (χ3n) is 3.34. The molecule has 114 valence electrons. The van der Waals surface area contributed by atoms with Crippen LogP contribution < -0.4 is 10.1 Å². The lowest BCUT2D eigenvalue weighted by molar-refractivity contribution is 0.414. The quantitative estimate of drug-likeness (QED) is 0.675. The molecule has 3 aromatic rings. The molecule has 0 spiro atoms. The summed E-state index contributed by atoms with van der Waals surface area (Å²) in [4.78, 5) is 5.49. The number of thiazole rings is 1. The van der Waals surface area contributed by atoms with Gasteiger partial charge < -0.3 is 14.5 Å². The molecule has 0 radical (unpaired) electrons. The summed E-state index contributed by atoms with van der Waals surface area (Å²) in [7, 11) is 1.68. The van der Waals surface area contributed by atoms with E-state index in [0.717, 1.165) is 40.9 Å². The summed E-state index contributed by atoms with van der Waals surface area (Å²) in [6.45, 7) is 1.70. The fraction of sp³-hybridized carbons (Fsp3) is 0.235. The molecule has 0 saturated carbocycles. The molecule has 1 aromatic carbocycles. The zero-order valence-electron chi connectivity index (χ0n) is 12.4. The Hall–Kier alpha value is -2.11. The number of rotatable bonds is 7. The minimum absolute atomic E-state index is 0.779. The van der Waals surface area contributed by atoms with E-state index >= 15 is 0 Å². The first kappa shape index (κ1) is 14.8. The Morgan fingerprint density at radius 1 is 1.23 bits per heavy atom. The highest BCUT2D eigenvalue weighted by Crippen LogP contribution is 2.26. The van der Waals surface area contributed by atoms with E-state index in [-0.39, 0.29) is 0 Å². The molecule has 2 heterocycles. The van der Waals surface area contributed by atoms with Crippen molar-refractivity contribution in [1.29, 1.82) is 0 Å². The van der Waals surface area contributed by atoms with Crippen LogP contribution in [0.2, 0.25) is 0 Å². The molecule has 4 nitrogen and oxygen atoms in total. The highest BCUT2D eigenvalue weighted by atomic mass is 32.1. The number of methoxy groups -OCH3 is 1. The minimum atomic E-state index is 0.779. The van der Waals surface area contributed by atoms with Crippen molar-refractivity contribution in [2.75, 3.05) is 13.7 Å². The third kappa shape index (κ3) is 3.75. The van der Waals surface area contributed by atoms with Crippen LogP contribution in [0.1, 0.15) is 10.6 Å². The van der Waals surface area contributed by atoms with Crippen LogP contribution >= 0.6 is 11.3 Å². The van der Waals surface area contributed by atoms with Crippen LogP contribution in [0.4, 0.5) is 0 Å². The van der Waals surface area contributed by atoms with Gasteiger partial charge in [-0.1, -0.05) is 12.1 Å². The molecule has 0 saturated heterocycles. The summed E-state index contributed by atoms with van der Waals surface area (Å²) in [5.74, 6) is 1.77. The van der Waals surface area contributed by atoms with Gasteiger partial charge in [0, 0.05) is 12.7 Å². The molecular formula is C17H18N2O2S. The predicted molar refractivity (Wildman–Crippen MR) is 88.2 cm³/mol. The Morgan fingerprint density at radius 2 is 2.09 bits per heavy atom. The van der Waals surface area contributed by atoms with Crippen molar-refractivity contribution >= 4 is 11.3 Å². The topological polar surface area (TPSA) is 47.3 Å². The number of hydrogen-bond acceptors (Lipinski definition) is 5. The van der Waals surface area contributed by atoms with E-state index in [1.54, 1.807) is 24.7 Å². The molecule has 0 aliphatic carbocycles. The van der Waals surface area contributed by atoms with Gasteiger partial charge >= 0.3 is 0 Å². The van der Waals surface area contributed by atoms with Gasteiger partial charge in [-0.3, -0.25) is 0 Å². The molecule has 22 heavy (non-hydrogen) atoms. The summed E-state index contributed by atoms with van der Waals surface area (Å²) in [6, 6.07) is 12.0. The van der Waals surface area contributed by atoms with Crippen molar-refractivity contribution in [3.8, 4) is 16.4 Å². The molecule has 0 aliphatic heterocycles. The van der Waals surface area contributed by atoms with Gasteiger partial charge in [0.2, 0.25) is 0 Å². The average Bonchev–Trinajstić information content (AvgIpc) is 3.23. The van der Waals surface area contributed by atoms with Crippen molar-refractivity contribution in [3.05, 3.63) is 59.4 Å². The first-order chi connectivity index (χ1) is 10.8. The maximum atomic E-state index is 5.38. The lowest BCUT2D eigenvalue weighted by Gasteiger charge is -2.04. The molecular weight excluding hydrogens is 296 g/mol. The number of furan rings is 1. The summed E-state index contributed by atoms with van der Waals surface area (Å²) < 4.78 is 10.5. The van der Waals surface area contributed by atoms with Gasteiger partial charge in [0.05, 0.1) is 18.3 Å². The van der Waals surface area contributed by atoms with Crippen molar-refractivity contribution < 1.29 is 9.15 Å². The maximum Gasteiger partial charge on any atom is 0.145 e. The highest BCUT2D eigenvalue weighted by Gasteiger charge is 2.06. The van der Waals surface area contributed by atoms with Gasteiger partial charge in [-0.25, -0.2) is 4.98 Å². The summed E-state index contributed by atoms with van der Waals surface area (Å²) in [5.41, 5.74) is 1.30. The predicted octanol–water partition coefficient (Wildman–Crippen LogP) is 3.74. The van der Waals surface area contributed by atoms with Crippen molar-refractivity contribution in [3.63, 3.8) is 0 Å². The fourth-order valence-corrected chi connectivity index (χ4v) is 3.00. The molecule has 0 atom stereocenters. The Balaban J connectivity index is 1.45. The first-order valence-corrected chi connectivity index (χ1v) is 7.99. The number of ether oxygens (including phenoxy) is 1. The van der Waals surface area contributed by atoms with E-state index in [4.69, 9.17) is 9.15 Å². The number of nitrogens with zero attached hydrogens (tertiary/aromatic N) is 1. The van der Waals surface area contributed by atoms with E-state index < -0.39 is 0 Å². The molecule has 0 fully saturated rings. The fourth-order valence-electron chi connectivity index (χ4n) is 2.14. The number of aromatic nitrogens is 1. The van der Waals surface area contributed by atoms with Crippen LogP contribution in [0.25, 0.3) is 10.6 Å². The van der Waals surface area contributed by atoms with Crippen molar-refractivity contribution in [2.45, 2.75) is 13.0 Å². The van der Waals surface area contributed by atoms with Crippen molar-refractivity contribution in [2.24, 2.45) is 0 Å². The SMILES string of the molecule is COc1ccc(CCNCc2ncc(-c3ccco3)s2)cc1. The van der Waals surface area contributed by atoms with Gasteiger partial charge in [0.25, 0.3) is 0 Å². The van der Waals surface area contributed by atoms with Gasteiger partial charge in [-0.2, -0.15) is 0 Å². The average molecular weight is 314 g/mol. The van der Waals surface area contributed by atoms with Crippen molar-refractivity contribution in [1.82, 2.24) is 10.3 Å². The van der Waals surface area contributed by atoms with E-state index in [1.807, 2.05) is 30.5 Å². The first-order valence-electron chi connectivity index (χ1n) is 7.17. The zero-order valence-corrected chi connectivity index (χ0v) is 13.2. The van der Waals surface area contributed by atoms with Gasteiger partial charge in [-0.15, -0.1) is 11.3 Å². The Bertz CT molecular complexity index is 690. The second kappa shape index (κ2) is 7.24. The van der Waals surface area contributed by atoms with Crippen LogP contribution in [0.3, 0.4) is 0 Å². The molecule has 0 amide bonds. The van der Waals surface area contributed by atoms with Gasteiger partial charge in [0.1, 0.15) is 16.5 Å². The second-order valence-electron chi connectivity index (χ2n) is 4.87. The largest absolute Gasteiger partial charge is 0.497 e. The van der Waals surface area contributed by atoms with Gasteiger partial charge in [-0.05, 0) is 42.8 Å². The molecule has 0 aliphatic rings. The lowest BCUT2D eigenvalue weighted by Crippen LogP contribution is -2.16. The monoisotopic (exact) mass is 314 g/mol. The van der Waals surface area contributed by atoms with Crippen LogP contribution in [-0.4, -0.2) is 18.6 Å². The van der Waals surface area contributed by atoms with E-state index in [9.17, 15) is 0 Å². The Labute approximate surface area is 133 Å². The Kier molecular flexibility index (Phi) is 4.88. The number of nitrogens with one attached hydrogen (secondary N) is 1. The highest BCUT2D eigenvalue weighted by molar-refractivity contribution is 7.15. The van der Waals surface area contributed by atoms with E-state index in [1.165, 1.54) is 5.56 Å². The van der Waals surface area contributed by atoms with E-state index in [0.29, 0.717) is 0 Å². The molecule has 0 unspecified atom stereocenters. The normalized spacial score (nSPS) is 10.8. The minimum Gasteiger partial charge on any atom is -0.497 e. The van der Waals surface area contributed by atoms with Crippen LogP contribution in [0, 0.1) is 0 Å². The molecule has 1 N–H and O–H groups in total. The summed E-state index contributed by atoms with van der Waals surface area (Å²) >= 11 is 1.66. The second-order valence-corrected chi connectivity index (χ2v) is 5.99. The molecule has 2 aromatic heterocycles. The summed E-state index contributed by atoms with van der Waals surface area (Å²) in [5, 5.41) is 4.49. The molecule has 5 heteroatoms. The van der Waals surface area contributed by atoms with Crippen LogP contribution in [0.5, 0.6) is 5.75 Å². The van der Waals surface area contributed by atoms with Crippen LogP contribution in [0.15, 0.2) is 53.3 Å². The van der Waals surface area contributed by atoms with Crippen LogP contribution in [-0.2, 0) is 13.0 Å². The van der Waals surface area contributed by atoms with Gasteiger partial charge in [0.15, 0.2) is 0 Å². The third-order valence-corrected chi connectivity index (χ3v) is 4.36. The number of benzene rings is 1. The number of hydrogen-bond donors (Lipinski definition) is 1. The maximum absolute atomic E-state index is 5.38. The smallest absolute Gasteiger partial charge is 0.145 e. The molecule has 3 rings (SSSR count). The van der Waals surface area contributed by atoms with E-state index in [2.05, 4.69) is 22.4 Å². The zero-order chi connectivity index (χ0) is 15.2. The standard InChI is InChI=1S/C17H18N2O2S/c1-20-14-6-4-13(5-7-14)8-9-18-12-17-19-11-16(22-17)15-3-2-10-21-15/h2-7,10-11,18H,8-9,12H2,1H3. The summed E-state index contributed by atoms with van der Waals surface area (Å²) in [6.07, 6.45) is 4.53. The molecule has 0 bridgehead atoms. The lowest BCUT2D eigenvalue weighted by atomic mass is 10.1.